The average molecular weight is 534 g/mol. The van der Waals surface area contributed by atoms with Gasteiger partial charge in [0.25, 0.3) is 0 Å². The largest absolute Gasteiger partial charge is 0.465 e. The van der Waals surface area contributed by atoms with Crippen molar-refractivity contribution in [2.45, 2.75) is 51.6 Å². The maximum atomic E-state index is 13.1. The summed E-state index contributed by atoms with van der Waals surface area (Å²) in [4.78, 5) is 29.7. The van der Waals surface area contributed by atoms with Gasteiger partial charge in [0.05, 0.1) is 19.3 Å². The molecule has 2 unspecified atom stereocenters. The monoisotopic (exact) mass is 533 g/mol. The van der Waals surface area contributed by atoms with E-state index in [-0.39, 0.29) is 29.6 Å². The molecule has 2 aromatic carbocycles. The van der Waals surface area contributed by atoms with Crippen molar-refractivity contribution in [1.82, 2.24) is 4.98 Å². The summed E-state index contributed by atoms with van der Waals surface area (Å²) in [5.74, 6) is 0.824. The number of ether oxygens (including phenoxy) is 1. The van der Waals surface area contributed by atoms with Crippen molar-refractivity contribution in [1.29, 1.82) is 0 Å². The molecule has 1 aliphatic rings. The number of aromatic nitrogens is 1. The van der Waals surface area contributed by atoms with Gasteiger partial charge in [-0.25, -0.2) is 9.78 Å². The topological polar surface area (TPSA) is 132 Å². The van der Waals surface area contributed by atoms with Crippen LogP contribution in [0.2, 0.25) is 0 Å². The quantitative estimate of drug-likeness (QED) is 0.328. The zero-order chi connectivity index (χ0) is 28.2. The lowest BCUT2D eigenvalue weighted by molar-refractivity contribution is -0.120. The number of aryl methyl sites for hydroxylation is 1. The summed E-state index contributed by atoms with van der Waals surface area (Å²) in [5.41, 5.74) is 4.15. The average Bonchev–Trinajstić information content (AvgIpc) is 2.90. The molecule has 0 aliphatic heterocycles. The molecule has 2 atom stereocenters. The van der Waals surface area contributed by atoms with Crippen LogP contribution in [0.1, 0.15) is 43.9 Å². The van der Waals surface area contributed by atoms with E-state index in [1.165, 1.54) is 17.8 Å². The lowest BCUT2D eigenvalue weighted by Crippen LogP contribution is -2.38. The zero-order valence-electron chi connectivity index (χ0n) is 22.4. The van der Waals surface area contributed by atoms with E-state index in [0.717, 1.165) is 34.6 Å². The number of pyridine rings is 1. The van der Waals surface area contributed by atoms with Gasteiger partial charge in [0.15, 0.2) is 0 Å². The van der Waals surface area contributed by atoms with Crippen molar-refractivity contribution in [2.24, 2.45) is 5.92 Å². The lowest BCUT2D eigenvalue weighted by Gasteiger charge is -2.25. The smallest absolute Gasteiger partial charge is 0.413 e. The molecule has 4 rings (SSSR count). The maximum absolute atomic E-state index is 13.1. The van der Waals surface area contributed by atoms with E-state index >= 15 is 0 Å². The fourth-order valence-corrected chi connectivity index (χ4v) is 4.61. The number of anilines is 2. The second-order valence-electron chi connectivity index (χ2n) is 10.9. The third kappa shape index (κ3) is 7.13. The van der Waals surface area contributed by atoms with Crippen molar-refractivity contribution >= 4 is 23.5 Å². The molecule has 9 nitrogen and oxygen atoms in total. The molecule has 0 saturated carbocycles. The van der Waals surface area contributed by atoms with Gasteiger partial charge in [-0.1, -0.05) is 39.0 Å². The molecule has 0 spiro atoms. The Morgan fingerprint density at radius 3 is 2.59 bits per heavy atom. The summed E-state index contributed by atoms with van der Waals surface area (Å²) in [5, 5.41) is 31.4. The molecule has 0 saturated heterocycles. The Bertz CT molecular complexity index is 1340. The lowest BCUT2D eigenvalue weighted by atomic mass is 9.83. The number of nitrogens with one attached hydrogen (secondary N) is 1. The van der Waals surface area contributed by atoms with E-state index in [2.05, 4.69) is 37.1 Å². The standard InChI is InChI=1S/C30H35N3O6/c1-30(2,3)22-5-4-6-23(15-22)32-28(36)20-8-7-19-9-10-25(14-21(19)13-20)39-26-11-12-31-27(16-26)33(29(37)38)17-24(35)18-34/h4-6,9-12,14-16,20,24,34-35H,7-8,13,17-18H2,1-3H3,(H,32,36)(H,37,38). The highest BCUT2D eigenvalue weighted by Crippen LogP contribution is 2.32. The summed E-state index contributed by atoms with van der Waals surface area (Å²) in [6, 6.07) is 16.8. The van der Waals surface area contributed by atoms with Crippen molar-refractivity contribution in [3.63, 3.8) is 0 Å². The number of hydrogen-bond acceptors (Lipinski definition) is 6. The minimum absolute atomic E-state index is 0.00404. The number of rotatable bonds is 8. The second-order valence-corrected chi connectivity index (χ2v) is 10.9. The first-order chi connectivity index (χ1) is 18.5. The molecule has 0 bridgehead atoms. The molecular formula is C30H35N3O6. The van der Waals surface area contributed by atoms with Gasteiger partial charge in [0.2, 0.25) is 5.91 Å². The van der Waals surface area contributed by atoms with Crippen LogP contribution in [0.15, 0.2) is 60.8 Å². The molecule has 1 heterocycles. The highest BCUT2D eigenvalue weighted by Gasteiger charge is 2.26. The van der Waals surface area contributed by atoms with Crippen LogP contribution in [0.5, 0.6) is 11.5 Å². The SMILES string of the molecule is CC(C)(C)c1cccc(NC(=O)C2CCc3ccc(Oc4ccnc(N(CC(O)CO)C(=O)O)c4)cc3C2)c1. The van der Waals surface area contributed by atoms with E-state index in [0.29, 0.717) is 17.9 Å². The third-order valence-electron chi connectivity index (χ3n) is 6.84. The van der Waals surface area contributed by atoms with Crippen molar-refractivity contribution in [2.75, 3.05) is 23.4 Å². The van der Waals surface area contributed by atoms with Gasteiger partial charge < -0.3 is 25.4 Å². The van der Waals surface area contributed by atoms with Crippen LogP contribution < -0.4 is 15.0 Å². The second kappa shape index (κ2) is 11.8. The molecular weight excluding hydrogens is 498 g/mol. The molecule has 2 amide bonds. The number of fused-ring (bicyclic) bond motifs is 1. The van der Waals surface area contributed by atoms with Gasteiger partial charge in [-0.05, 0) is 71.7 Å². The molecule has 1 aliphatic carbocycles. The predicted molar refractivity (Wildman–Crippen MR) is 149 cm³/mol. The number of carboxylic acid groups (broad SMARTS) is 1. The predicted octanol–water partition coefficient (Wildman–Crippen LogP) is 4.75. The summed E-state index contributed by atoms with van der Waals surface area (Å²) in [7, 11) is 0. The normalized spacial score (nSPS) is 15.7. The van der Waals surface area contributed by atoms with Crippen molar-refractivity contribution < 1.29 is 29.6 Å². The van der Waals surface area contributed by atoms with Crippen LogP contribution in [-0.4, -0.2) is 51.6 Å². The highest BCUT2D eigenvalue weighted by atomic mass is 16.5. The highest BCUT2D eigenvalue weighted by molar-refractivity contribution is 5.93. The molecule has 3 aromatic rings. The first-order valence-electron chi connectivity index (χ1n) is 13.0. The van der Waals surface area contributed by atoms with Crippen molar-refractivity contribution in [3.8, 4) is 11.5 Å². The Balaban J connectivity index is 1.46. The first kappa shape index (κ1) is 28.1. The number of aliphatic hydroxyl groups is 2. The van der Waals surface area contributed by atoms with Crippen LogP contribution in [0.3, 0.4) is 0 Å². The van der Waals surface area contributed by atoms with Crippen LogP contribution >= 0.6 is 0 Å². The number of benzene rings is 2. The fraction of sp³-hybridized carbons (Fsp3) is 0.367. The molecule has 1 aromatic heterocycles. The first-order valence-corrected chi connectivity index (χ1v) is 13.0. The Labute approximate surface area is 228 Å². The number of nitrogens with zero attached hydrogens (tertiary/aromatic N) is 2. The zero-order valence-corrected chi connectivity index (χ0v) is 22.4. The van der Waals surface area contributed by atoms with Gasteiger partial charge >= 0.3 is 6.09 Å². The molecule has 206 valence electrons. The van der Waals surface area contributed by atoms with Crippen molar-refractivity contribution in [3.05, 3.63) is 77.5 Å². The van der Waals surface area contributed by atoms with E-state index < -0.39 is 18.8 Å². The van der Waals surface area contributed by atoms with Gasteiger partial charge in [-0.2, -0.15) is 0 Å². The van der Waals surface area contributed by atoms with Crippen LogP contribution in [0, 0.1) is 5.92 Å². The summed E-state index contributed by atoms with van der Waals surface area (Å²) in [6.45, 7) is 5.52. The minimum Gasteiger partial charge on any atom is -0.465 e. The minimum atomic E-state index is -1.31. The van der Waals surface area contributed by atoms with Gasteiger partial charge in [-0.3, -0.25) is 9.69 Å². The van der Waals surface area contributed by atoms with Crippen LogP contribution in [0.25, 0.3) is 0 Å². The summed E-state index contributed by atoms with van der Waals surface area (Å²) < 4.78 is 6.01. The molecule has 39 heavy (non-hydrogen) atoms. The van der Waals surface area contributed by atoms with Gasteiger partial charge in [0.1, 0.15) is 17.3 Å². The van der Waals surface area contributed by atoms with E-state index in [9.17, 15) is 19.8 Å². The Hall–Kier alpha value is -3.95. The number of carbonyl (C=O) groups is 2. The van der Waals surface area contributed by atoms with Crippen LogP contribution in [0.4, 0.5) is 16.3 Å². The molecule has 4 N–H and O–H groups in total. The maximum Gasteiger partial charge on any atom is 0.413 e. The number of carbonyl (C=O) groups excluding carboxylic acids is 1. The number of aliphatic hydroxyl groups excluding tert-OH is 2. The van der Waals surface area contributed by atoms with Gasteiger partial charge in [0, 0.05) is 23.9 Å². The van der Waals surface area contributed by atoms with E-state index in [4.69, 9.17) is 9.84 Å². The molecule has 0 fully saturated rings. The van der Waals surface area contributed by atoms with Gasteiger partial charge in [-0.15, -0.1) is 0 Å². The number of hydrogen-bond donors (Lipinski definition) is 4. The Morgan fingerprint density at radius 1 is 1.10 bits per heavy atom. The summed E-state index contributed by atoms with van der Waals surface area (Å²) >= 11 is 0. The van der Waals surface area contributed by atoms with E-state index in [1.807, 2.05) is 36.4 Å². The Kier molecular flexibility index (Phi) is 8.52. The third-order valence-corrected chi connectivity index (χ3v) is 6.84. The molecule has 9 heteroatoms. The fourth-order valence-electron chi connectivity index (χ4n) is 4.61. The Morgan fingerprint density at radius 2 is 1.87 bits per heavy atom. The summed E-state index contributed by atoms with van der Waals surface area (Å²) in [6.07, 6.45) is 1.01. The van der Waals surface area contributed by atoms with E-state index in [1.54, 1.807) is 6.07 Å². The molecule has 0 radical (unpaired) electrons. The number of amides is 2. The van der Waals surface area contributed by atoms with Crippen LogP contribution in [-0.2, 0) is 23.1 Å².